The third-order valence-corrected chi connectivity index (χ3v) is 3.52. The fraction of sp³-hybridized carbons (Fsp3) is 0.250. The molecular formula is C16H15N3O4. The Kier molecular flexibility index (Phi) is 3.69. The van der Waals surface area contributed by atoms with Crippen molar-refractivity contribution in [3.63, 3.8) is 0 Å². The highest BCUT2D eigenvalue weighted by Gasteiger charge is 2.19. The van der Waals surface area contributed by atoms with Crippen LogP contribution in [0.5, 0.6) is 0 Å². The first kappa shape index (κ1) is 15.0. The van der Waals surface area contributed by atoms with E-state index in [1.807, 2.05) is 19.1 Å². The molecular weight excluding hydrogens is 298 g/mol. The summed E-state index contributed by atoms with van der Waals surface area (Å²) in [6, 6.07) is 6.73. The lowest BCUT2D eigenvalue weighted by Gasteiger charge is -2.07. The summed E-state index contributed by atoms with van der Waals surface area (Å²) in [7, 11) is 0. The van der Waals surface area contributed by atoms with Gasteiger partial charge in [0.15, 0.2) is 0 Å². The maximum absolute atomic E-state index is 12.2. The van der Waals surface area contributed by atoms with Crippen molar-refractivity contribution in [1.82, 2.24) is 14.5 Å². The van der Waals surface area contributed by atoms with Crippen LogP contribution < -0.4 is 5.56 Å². The van der Waals surface area contributed by atoms with Gasteiger partial charge in [0.25, 0.3) is 5.56 Å². The van der Waals surface area contributed by atoms with Crippen molar-refractivity contribution in [2.45, 2.75) is 27.4 Å². The predicted octanol–water partition coefficient (Wildman–Crippen LogP) is 1.96. The van der Waals surface area contributed by atoms with Crippen LogP contribution in [0.15, 0.2) is 33.6 Å². The van der Waals surface area contributed by atoms with Gasteiger partial charge in [-0.05, 0) is 32.9 Å². The summed E-state index contributed by atoms with van der Waals surface area (Å²) in [4.78, 5) is 28.6. The summed E-state index contributed by atoms with van der Waals surface area (Å²) in [5.74, 6) is -0.151. The summed E-state index contributed by atoms with van der Waals surface area (Å²) >= 11 is 0. The van der Waals surface area contributed by atoms with E-state index in [1.54, 1.807) is 19.9 Å². The molecule has 0 bridgehead atoms. The highest BCUT2D eigenvalue weighted by Crippen LogP contribution is 2.14. The van der Waals surface area contributed by atoms with Crippen LogP contribution in [0.3, 0.4) is 0 Å². The normalized spacial score (nSPS) is 10.9. The lowest BCUT2D eigenvalue weighted by atomic mass is 10.2. The Bertz CT molecular complexity index is 936. The molecule has 0 atom stereocenters. The van der Waals surface area contributed by atoms with E-state index in [2.05, 4.69) is 10.1 Å². The quantitative estimate of drug-likeness (QED) is 0.687. The van der Waals surface area contributed by atoms with Crippen LogP contribution in [0.1, 0.15) is 33.2 Å². The summed E-state index contributed by atoms with van der Waals surface area (Å²) in [5.41, 5.74) is 2.25. The Morgan fingerprint density at radius 1 is 1.30 bits per heavy atom. The van der Waals surface area contributed by atoms with E-state index in [0.29, 0.717) is 28.4 Å². The molecule has 0 radical (unpaired) electrons. The van der Waals surface area contributed by atoms with Crippen molar-refractivity contribution in [3.8, 4) is 0 Å². The second-order valence-corrected chi connectivity index (χ2v) is 5.22. The van der Waals surface area contributed by atoms with Gasteiger partial charge in [-0.2, -0.15) is 0 Å². The van der Waals surface area contributed by atoms with Crippen LogP contribution in [0.4, 0.5) is 0 Å². The van der Waals surface area contributed by atoms with Gasteiger partial charge in [-0.25, -0.2) is 9.78 Å². The Balaban J connectivity index is 1.85. The molecule has 23 heavy (non-hydrogen) atoms. The molecule has 0 N–H and O–H groups in total. The third kappa shape index (κ3) is 2.73. The first-order valence-corrected chi connectivity index (χ1v) is 7.05. The van der Waals surface area contributed by atoms with E-state index in [1.165, 1.54) is 10.5 Å². The van der Waals surface area contributed by atoms with Gasteiger partial charge in [-0.15, -0.1) is 0 Å². The average molecular weight is 313 g/mol. The molecule has 7 nitrogen and oxygen atoms in total. The largest absolute Gasteiger partial charge is 0.455 e. The van der Waals surface area contributed by atoms with E-state index in [4.69, 9.17) is 9.26 Å². The fourth-order valence-electron chi connectivity index (χ4n) is 2.42. The molecule has 0 saturated heterocycles. The number of ether oxygens (including phenoxy) is 1. The molecule has 0 aliphatic heterocycles. The smallest absolute Gasteiger partial charge is 0.344 e. The first-order valence-electron chi connectivity index (χ1n) is 7.05. The number of carbonyl (C=O) groups excluding carboxylic acids is 1. The van der Waals surface area contributed by atoms with Gasteiger partial charge >= 0.3 is 5.97 Å². The van der Waals surface area contributed by atoms with Crippen molar-refractivity contribution in [2.75, 3.05) is 0 Å². The second-order valence-electron chi connectivity index (χ2n) is 5.22. The number of nitrogens with zero attached hydrogens (tertiary/aromatic N) is 3. The van der Waals surface area contributed by atoms with Gasteiger partial charge in [0.2, 0.25) is 0 Å². The molecule has 0 spiro atoms. The summed E-state index contributed by atoms with van der Waals surface area (Å²) in [6.45, 7) is 5.03. The van der Waals surface area contributed by atoms with Gasteiger partial charge < -0.3 is 9.26 Å². The molecule has 3 aromatic rings. The minimum Gasteiger partial charge on any atom is -0.455 e. The molecule has 118 valence electrons. The van der Waals surface area contributed by atoms with Crippen LogP contribution in [-0.2, 0) is 11.3 Å². The van der Waals surface area contributed by atoms with E-state index in [0.717, 1.165) is 5.69 Å². The SMILES string of the molecule is Cc1noc(C)c1C(=O)OCc1cc(=O)n2c(C)cccc2n1. The van der Waals surface area contributed by atoms with Crippen LogP contribution in [-0.4, -0.2) is 20.5 Å². The molecule has 0 unspecified atom stereocenters. The monoisotopic (exact) mass is 313 g/mol. The number of carbonyl (C=O) groups is 1. The molecule has 7 heteroatoms. The number of esters is 1. The number of rotatable bonds is 3. The molecule has 0 aromatic carbocycles. The van der Waals surface area contributed by atoms with Gasteiger partial charge in [0.05, 0.1) is 11.4 Å². The zero-order chi connectivity index (χ0) is 16.6. The number of aromatic nitrogens is 3. The van der Waals surface area contributed by atoms with Crippen molar-refractivity contribution in [1.29, 1.82) is 0 Å². The van der Waals surface area contributed by atoms with Crippen molar-refractivity contribution < 1.29 is 14.1 Å². The Morgan fingerprint density at radius 3 is 2.78 bits per heavy atom. The number of pyridine rings is 1. The zero-order valence-electron chi connectivity index (χ0n) is 13.0. The van der Waals surface area contributed by atoms with E-state index < -0.39 is 5.97 Å². The minimum absolute atomic E-state index is 0.0947. The Morgan fingerprint density at radius 2 is 2.09 bits per heavy atom. The van der Waals surface area contributed by atoms with Crippen LogP contribution in [0.25, 0.3) is 5.65 Å². The average Bonchev–Trinajstić information content (AvgIpc) is 2.84. The molecule has 0 aliphatic rings. The van der Waals surface area contributed by atoms with Crippen LogP contribution in [0, 0.1) is 20.8 Å². The predicted molar refractivity (Wildman–Crippen MR) is 81.3 cm³/mol. The topological polar surface area (TPSA) is 86.7 Å². The minimum atomic E-state index is -0.549. The van der Waals surface area contributed by atoms with Gasteiger partial charge in [0.1, 0.15) is 23.6 Å². The summed E-state index contributed by atoms with van der Waals surface area (Å²) in [5, 5.41) is 3.71. The standard InChI is InChI=1S/C16H15N3O4/c1-9-5-4-6-13-17-12(7-14(20)19(9)13)8-22-16(21)15-10(2)18-23-11(15)3/h4-7H,8H2,1-3H3. The Labute approximate surface area is 131 Å². The Hall–Kier alpha value is -2.96. The van der Waals surface area contributed by atoms with Crippen molar-refractivity contribution >= 4 is 11.6 Å². The second kappa shape index (κ2) is 5.68. The van der Waals surface area contributed by atoms with Gasteiger partial charge in [-0.1, -0.05) is 11.2 Å². The third-order valence-electron chi connectivity index (χ3n) is 3.52. The first-order chi connectivity index (χ1) is 11.0. The highest BCUT2D eigenvalue weighted by molar-refractivity contribution is 5.91. The van der Waals surface area contributed by atoms with E-state index in [9.17, 15) is 9.59 Å². The van der Waals surface area contributed by atoms with Gasteiger partial charge in [-0.3, -0.25) is 9.20 Å². The molecule has 0 amide bonds. The number of hydrogen-bond acceptors (Lipinski definition) is 6. The molecule has 3 aromatic heterocycles. The maximum Gasteiger partial charge on any atom is 0.344 e. The molecule has 3 rings (SSSR count). The van der Waals surface area contributed by atoms with Gasteiger partial charge in [0, 0.05) is 11.8 Å². The zero-order valence-corrected chi connectivity index (χ0v) is 13.0. The highest BCUT2D eigenvalue weighted by atomic mass is 16.5. The summed E-state index contributed by atoms with van der Waals surface area (Å²) in [6.07, 6.45) is 0. The van der Waals surface area contributed by atoms with E-state index >= 15 is 0 Å². The van der Waals surface area contributed by atoms with Crippen molar-refractivity contribution in [3.05, 3.63) is 63.0 Å². The van der Waals surface area contributed by atoms with Crippen LogP contribution >= 0.6 is 0 Å². The molecule has 0 saturated carbocycles. The van der Waals surface area contributed by atoms with E-state index in [-0.39, 0.29) is 12.2 Å². The molecule has 0 fully saturated rings. The number of aryl methyl sites for hydroxylation is 3. The summed E-state index contributed by atoms with van der Waals surface area (Å²) < 4.78 is 11.7. The number of hydrogen-bond donors (Lipinski definition) is 0. The molecule has 3 heterocycles. The molecule has 0 aliphatic carbocycles. The van der Waals surface area contributed by atoms with Crippen LogP contribution in [0.2, 0.25) is 0 Å². The number of fused-ring (bicyclic) bond motifs is 1. The van der Waals surface area contributed by atoms with Crippen molar-refractivity contribution in [2.24, 2.45) is 0 Å². The maximum atomic E-state index is 12.2. The fourth-order valence-corrected chi connectivity index (χ4v) is 2.42. The lowest BCUT2D eigenvalue weighted by molar-refractivity contribution is 0.0465. The lowest BCUT2D eigenvalue weighted by Crippen LogP contribution is -2.18.